The van der Waals surface area contributed by atoms with E-state index in [-0.39, 0.29) is 0 Å². The molecule has 0 bridgehead atoms. The maximum atomic E-state index is 10.8. The van der Waals surface area contributed by atoms with Crippen LogP contribution in [0.15, 0.2) is 29.8 Å². The lowest BCUT2D eigenvalue weighted by Crippen LogP contribution is -1.97. The van der Waals surface area contributed by atoms with Gasteiger partial charge in [0.25, 0.3) is 0 Å². The molecule has 0 fully saturated rings. The van der Waals surface area contributed by atoms with Crippen LogP contribution in [0.3, 0.4) is 0 Å². The van der Waals surface area contributed by atoms with Gasteiger partial charge in [0.2, 0.25) is 0 Å². The zero-order valence-electron chi connectivity index (χ0n) is 16.6. The lowest BCUT2D eigenvalue weighted by Gasteiger charge is -2.07. The Morgan fingerprint density at radius 1 is 0.885 bits per heavy atom. The van der Waals surface area contributed by atoms with Gasteiger partial charge in [-0.1, -0.05) is 83.3 Å². The second-order valence-corrected chi connectivity index (χ2v) is 7.09. The van der Waals surface area contributed by atoms with Crippen molar-refractivity contribution in [2.45, 2.75) is 84.5 Å². The smallest absolute Gasteiger partial charge is 0.331 e. The summed E-state index contributed by atoms with van der Waals surface area (Å²) < 4.78 is 5.76. The number of carboxylic acids is 1. The molecule has 0 spiro atoms. The molecule has 0 saturated carbocycles. The molecule has 0 unspecified atom stereocenters. The van der Waals surface area contributed by atoms with Crippen molar-refractivity contribution < 1.29 is 14.6 Å². The van der Waals surface area contributed by atoms with Gasteiger partial charge in [-0.3, -0.25) is 0 Å². The molecule has 3 nitrogen and oxygen atoms in total. The third-order valence-electron chi connectivity index (χ3n) is 4.62. The predicted octanol–water partition coefficient (Wildman–Crippen LogP) is 6.86. The molecule has 1 aromatic rings. The van der Waals surface area contributed by atoms with Gasteiger partial charge >= 0.3 is 5.97 Å². The number of unbranched alkanes of at least 4 members (excludes halogenated alkanes) is 10. The van der Waals surface area contributed by atoms with E-state index in [1.807, 2.05) is 24.3 Å². The van der Waals surface area contributed by atoms with E-state index in [1.54, 1.807) is 13.0 Å². The second-order valence-electron chi connectivity index (χ2n) is 7.09. The van der Waals surface area contributed by atoms with Crippen molar-refractivity contribution in [3.8, 4) is 5.75 Å². The van der Waals surface area contributed by atoms with Gasteiger partial charge in [-0.25, -0.2) is 4.79 Å². The number of carbonyl (C=O) groups is 1. The molecule has 1 rings (SSSR count). The van der Waals surface area contributed by atoms with Crippen LogP contribution >= 0.6 is 0 Å². The Morgan fingerprint density at radius 3 is 1.88 bits per heavy atom. The zero-order valence-corrected chi connectivity index (χ0v) is 16.6. The summed E-state index contributed by atoms with van der Waals surface area (Å²) >= 11 is 0. The minimum atomic E-state index is -0.887. The van der Waals surface area contributed by atoms with E-state index in [0.717, 1.165) is 24.3 Å². The van der Waals surface area contributed by atoms with Crippen molar-refractivity contribution in [3.63, 3.8) is 0 Å². The molecule has 26 heavy (non-hydrogen) atoms. The molecule has 0 atom stereocenters. The highest BCUT2D eigenvalue weighted by Gasteiger charge is 2.00. The first kappa shape index (κ1) is 22.3. The molecule has 0 saturated heterocycles. The van der Waals surface area contributed by atoms with Gasteiger partial charge in [0.15, 0.2) is 0 Å². The Hall–Kier alpha value is -1.77. The maximum absolute atomic E-state index is 10.8. The van der Waals surface area contributed by atoms with Gasteiger partial charge in [-0.15, -0.1) is 0 Å². The highest BCUT2D eigenvalue weighted by Crippen LogP contribution is 2.16. The summed E-state index contributed by atoms with van der Waals surface area (Å²) in [5.74, 6) is -0.0379. The van der Waals surface area contributed by atoms with Crippen LogP contribution in [-0.2, 0) is 4.79 Å². The summed E-state index contributed by atoms with van der Waals surface area (Å²) in [5.41, 5.74) is 1.21. The molecular weight excluding hydrogens is 324 g/mol. The van der Waals surface area contributed by atoms with Crippen molar-refractivity contribution in [2.75, 3.05) is 6.61 Å². The minimum Gasteiger partial charge on any atom is -0.494 e. The molecule has 0 radical (unpaired) electrons. The first-order valence-corrected chi connectivity index (χ1v) is 10.3. The van der Waals surface area contributed by atoms with Gasteiger partial charge in [0.05, 0.1) is 6.61 Å². The van der Waals surface area contributed by atoms with Crippen LogP contribution in [0.4, 0.5) is 0 Å². The Kier molecular flexibility index (Phi) is 12.3. The summed E-state index contributed by atoms with van der Waals surface area (Å²) in [7, 11) is 0. The molecule has 0 heterocycles. The van der Waals surface area contributed by atoms with Crippen molar-refractivity contribution in [2.24, 2.45) is 0 Å². The largest absolute Gasteiger partial charge is 0.494 e. The van der Waals surface area contributed by atoms with Crippen LogP contribution in [0.25, 0.3) is 6.08 Å². The minimum absolute atomic E-state index is 0.333. The summed E-state index contributed by atoms with van der Waals surface area (Å²) in [4.78, 5) is 10.8. The van der Waals surface area contributed by atoms with Gasteiger partial charge in [0.1, 0.15) is 5.75 Å². The van der Waals surface area contributed by atoms with E-state index >= 15 is 0 Å². The molecule has 1 N–H and O–H groups in total. The summed E-state index contributed by atoms with van der Waals surface area (Å²) in [6.07, 6.45) is 16.3. The number of rotatable bonds is 15. The first-order chi connectivity index (χ1) is 12.6. The van der Waals surface area contributed by atoms with Gasteiger partial charge in [0, 0.05) is 5.57 Å². The predicted molar refractivity (Wildman–Crippen MR) is 110 cm³/mol. The Labute approximate surface area is 159 Å². The maximum Gasteiger partial charge on any atom is 0.331 e. The van der Waals surface area contributed by atoms with Crippen LogP contribution in [0.2, 0.25) is 0 Å². The average molecular weight is 361 g/mol. The lowest BCUT2D eigenvalue weighted by molar-refractivity contribution is -0.132. The van der Waals surface area contributed by atoms with Gasteiger partial charge < -0.3 is 9.84 Å². The zero-order chi connectivity index (χ0) is 19.0. The SMILES string of the molecule is CCCCCCCCCCCCCOc1ccc(/C=C(\C)C(=O)O)cc1. The highest BCUT2D eigenvalue weighted by atomic mass is 16.5. The molecule has 3 heteroatoms. The van der Waals surface area contributed by atoms with Gasteiger partial charge in [-0.2, -0.15) is 0 Å². The monoisotopic (exact) mass is 360 g/mol. The second kappa shape index (κ2) is 14.4. The quantitative estimate of drug-likeness (QED) is 0.274. The molecule has 1 aromatic carbocycles. The normalized spacial score (nSPS) is 11.5. The highest BCUT2D eigenvalue weighted by molar-refractivity contribution is 5.91. The van der Waals surface area contributed by atoms with Gasteiger partial charge in [-0.05, 0) is 37.1 Å². The van der Waals surface area contributed by atoms with Crippen LogP contribution in [0.1, 0.15) is 90.0 Å². The average Bonchev–Trinajstić information content (AvgIpc) is 2.64. The van der Waals surface area contributed by atoms with Crippen molar-refractivity contribution in [1.82, 2.24) is 0 Å². The Morgan fingerprint density at radius 2 is 1.38 bits per heavy atom. The number of benzene rings is 1. The van der Waals surface area contributed by atoms with E-state index in [9.17, 15) is 4.79 Å². The van der Waals surface area contributed by atoms with E-state index in [0.29, 0.717) is 5.57 Å². The third-order valence-corrected chi connectivity index (χ3v) is 4.62. The standard InChI is InChI=1S/C23H36O3/c1-3-4-5-6-7-8-9-10-11-12-13-18-26-22-16-14-21(15-17-22)19-20(2)23(24)25/h14-17,19H,3-13,18H2,1-2H3,(H,24,25)/b20-19+. The summed E-state index contributed by atoms with van der Waals surface area (Å²) in [6.45, 7) is 4.61. The number of ether oxygens (including phenoxy) is 1. The molecule has 0 aliphatic carbocycles. The molecular formula is C23H36O3. The fraction of sp³-hybridized carbons (Fsp3) is 0.609. The molecule has 0 aromatic heterocycles. The molecule has 0 aliphatic heterocycles. The summed E-state index contributed by atoms with van der Waals surface area (Å²) in [6, 6.07) is 7.59. The van der Waals surface area contributed by atoms with Crippen LogP contribution < -0.4 is 4.74 Å². The Balaban J connectivity index is 2.03. The fourth-order valence-corrected chi connectivity index (χ4v) is 2.93. The van der Waals surface area contributed by atoms with Crippen molar-refractivity contribution in [1.29, 1.82) is 0 Å². The van der Waals surface area contributed by atoms with Crippen LogP contribution in [0, 0.1) is 0 Å². The van der Waals surface area contributed by atoms with E-state index in [1.165, 1.54) is 64.2 Å². The number of aliphatic carboxylic acids is 1. The third kappa shape index (κ3) is 11.0. The van der Waals surface area contributed by atoms with Crippen molar-refractivity contribution >= 4 is 12.0 Å². The fourth-order valence-electron chi connectivity index (χ4n) is 2.93. The van der Waals surface area contributed by atoms with Crippen LogP contribution in [0.5, 0.6) is 5.75 Å². The first-order valence-electron chi connectivity index (χ1n) is 10.3. The Bertz CT molecular complexity index is 517. The number of hydrogen-bond acceptors (Lipinski definition) is 2. The molecule has 0 amide bonds. The van der Waals surface area contributed by atoms with Crippen LogP contribution in [-0.4, -0.2) is 17.7 Å². The van der Waals surface area contributed by atoms with E-state index in [4.69, 9.17) is 9.84 Å². The van der Waals surface area contributed by atoms with Crippen molar-refractivity contribution in [3.05, 3.63) is 35.4 Å². The molecule has 0 aliphatic rings. The van der Waals surface area contributed by atoms with E-state index in [2.05, 4.69) is 6.92 Å². The topological polar surface area (TPSA) is 46.5 Å². The molecule has 146 valence electrons. The number of hydrogen-bond donors (Lipinski definition) is 1. The lowest BCUT2D eigenvalue weighted by atomic mass is 10.1. The number of carboxylic acid groups (broad SMARTS) is 1. The van der Waals surface area contributed by atoms with E-state index < -0.39 is 5.97 Å². The summed E-state index contributed by atoms with van der Waals surface area (Å²) in [5, 5.41) is 8.88.